The molecule has 0 fully saturated rings. The van der Waals surface area contributed by atoms with Crippen molar-refractivity contribution in [2.24, 2.45) is 0 Å². The van der Waals surface area contributed by atoms with Gasteiger partial charge in [-0.25, -0.2) is 0 Å². The Hall–Kier alpha value is -1.88. The summed E-state index contributed by atoms with van der Waals surface area (Å²) in [5.74, 6) is -0.590. The van der Waals surface area contributed by atoms with Crippen molar-refractivity contribution >= 4 is 11.9 Å². The molecule has 0 spiro atoms. The number of carbonyl (C=O) groups is 2. The lowest BCUT2D eigenvalue weighted by molar-refractivity contribution is -0.156. The third-order valence-corrected chi connectivity index (χ3v) is 3.30. The maximum Gasteiger partial charge on any atom is 0.323 e. The molecule has 0 radical (unpaired) electrons. The van der Waals surface area contributed by atoms with Crippen molar-refractivity contribution in [2.45, 2.75) is 71.8 Å². The number of hydrogen-bond donors (Lipinski definition) is 1. The van der Waals surface area contributed by atoms with E-state index in [4.69, 9.17) is 9.47 Å². The molecule has 1 aromatic rings. The Morgan fingerprint density at radius 2 is 1.79 bits per heavy atom. The Kier molecular flexibility index (Phi) is 7.92. The van der Waals surface area contributed by atoms with E-state index in [1.165, 1.54) is 0 Å². The van der Waals surface area contributed by atoms with E-state index in [1.807, 2.05) is 65.0 Å². The zero-order chi connectivity index (χ0) is 18.2. The first-order chi connectivity index (χ1) is 11.2. The molecule has 134 valence electrons. The van der Waals surface area contributed by atoms with Crippen LogP contribution in [0.25, 0.3) is 0 Å². The Bertz CT molecular complexity index is 522. The number of benzene rings is 1. The molecule has 0 saturated heterocycles. The van der Waals surface area contributed by atoms with Crippen LogP contribution in [0.3, 0.4) is 0 Å². The predicted molar refractivity (Wildman–Crippen MR) is 93.4 cm³/mol. The number of rotatable bonds is 8. The van der Waals surface area contributed by atoms with Crippen LogP contribution in [0.1, 0.15) is 53.0 Å². The second kappa shape index (κ2) is 9.42. The van der Waals surface area contributed by atoms with Crippen LogP contribution in [0.15, 0.2) is 30.3 Å². The summed E-state index contributed by atoms with van der Waals surface area (Å²) in [5, 5.41) is 3.14. The first-order valence-corrected chi connectivity index (χ1v) is 8.39. The maximum absolute atomic E-state index is 12.2. The fourth-order valence-electron chi connectivity index (χ4n) is 2.22. The molecule has 0 aliphatic heterocycles. The molecule has 5 heteroatoms. The zero-order valence-electron chi connectivity index (χ0n) is 15.3. The van der Waals surface area contributed by atoms with Gasteiger partial charge in [-0.2, -0.15) is 0 Å². The molecule has 0 saturated carbocycles. The van der Waals surface area contributed by atoms with Gasteiger partial charge in [0.15, 0.2) is 0 Å². The summed E-state index contributed by atoms with van der Waals surface area (Å²) in [4.78, 5) is 24.0. The second-order valence-electron chi connectivity index (χ2n) is 6.91. The van der Waals surface area contributed by atoms with Gasteiger partial charge in [0, 0.05) is 6.04 Å². The monoisotopic (exact) mass is 335 g/mol. The number of esters is 2. The van der Waals surface area contributed by atoms with E-state index in [2.05, 4.69) is 5.32 Å². The number of carbonyl (C=O) groups excluding carboxylic acids is 2. The van der Waals surface area contributed by atoms with E-state index in [9.17, 15) is 9.59 Å². The molecule has 0 aromatic heterocycles. The highest BCUT2D eigenvalue weighted by Crippen LogP contribution is 2.10. The lowest BCUT2D eigenvalue weighted by Crippen LogP contribution is -2.43. The Balaban J connectivity index is 2.44. The summed E-state index contributed by atoms with van der Waals surface area (Å²) in [5.41, 5.74) is 0.442. The van der Waals surface area contributed by atoms with Crippen LogP contribution in [0, 0.1) is 0 Å². The molecular weight excluding hydrogens is 306 g/mol. The molecule has 0 heterocycles. The van der Waals surface area contributed by atoms with Crippen LogP contribution in [-0.4, -0.2) is 29.6 Å². The Morgan fingerprint density at radius 3 is 2.33 bits per heavy atom. The summed E-state index contributed by atoms with van der Waals surface area (Å²) in [6, 6.07) is 8.93. The van der Waals surface area contributed by atoms with Crippen LogP contribution >= 0.6 is 0 Å². The van der Waals surface area contributed by atoms with Crippen LogP contribution in [-0.2, 0) is 25.7 Å². The number of hydrogen-bond acceptors (Lipinski definition) is 5. The van der Waals surface area contributed by atoms with Gasteiger partial charge in [-0.1, -0.05) is 37.3 Å². The van der Waals surface area contributed by atoms with Crippen molar-refractivity contribution in [1.82, 2.24) is 5.32 Å². The summed E-state index contributed by atoms with van der Waals surface area (Å²) in [6.07, 6.45) is 0.798. The summed E-state index contributed by atoms with van der Waals surface area (Å²) >= 11 is 0. The van der Waals surface area contributed by atoms with Gasteiger partial charge in [-0.15, -0.1) is 0 Å². The lowest BCUT2D eigenvalue weighted by Gasteiger charge is -2.23. The standard InChI is InChI=1S/C19H29NO4/c1-6-16(18(22)23-13-15-10-8-7-9-11-15)20-14(2)12-17(21)24-19(3,4)5/h7-11,14,16,20H,6,12-13H2,1-5H3. The van der Waals surface area contributed by atoms with Crippen LogP contribution in [0.4, 0.5) is 0 Å². The third kappa shape index (κ3) is 8.11. The van der Waals surface area contributed by atoms with E-state index in [0.29, 0.717) is 6.42 Å². The maximum atomic E-state index is 12.2. The molecule has 1 aromatic carbocycles. The summed E-state index contributed by atoms with van der Waals surface area (Å²) in [7, 11) is 0. The van der Waals surface area contributed by atoms with Crippen LogP contribution in [0.5, 0.6) is 0 Å². The van der Waals surface area contributed by atoms with Crippen molar-refractivity contribution in [3.05, 3.63) is 35.9 Å². The van der Waals surface area contributed by atoms with Gasteiger partial charge in [0.2, 0.25) is 0 Å². The molecular formula is C19H29NO4. The minimum absolute atomic E-state index is 0.172. The highest BCUT2D eigenvalue weighted by Gasteiger charge is 2.23. The smallest absolute Gasteiger partial charge is 0.323 e. The molecule has 1 rings (SSSR count). The minimum Gasteiger partial charge on any atom is -0.460 e. The minimum atomic E-state index is -0.504. The molecule has 1 N–H and O–H groups in total. The second-order valence-corrected chi connectivity index (χ2v) is 6.91. The quantitative estimate of drug-likeness (QED) is 0.739. The van der Waals surface area contributed by atoms with Gasteiger partial charge < -0.3 is 14.8 Å². The number of nitrogens with one attached hydrogen (secondary N) is 1. The average Bonchev–Trinajstić information content (AvgIpc) is 2.49. The van der Waals surface area contributed by atoms with E-state index < -0.39 is 11.6 Å². The molecule has 0 amide bonds. The molecule has 0 aliphatic carbocycles. The molecule has 2 unspecified atom stereocenters. The van der Waals surface area contributed by atoms with Gasteiger partial charge in [0.25, 0.3) is 0 Å². The van der Waals surface area contributed by atoms with Gasteiger partial charge >= 0.3 is 11.9 Å². The van der Waals surface area contributed by atoms with Gasteiger partial charge in [-0.05, 0) is 39.7 Å². The molecule has 5 nitrogen and oxygen atoms in total. The van der Waals surface area contributed by atoms with Crippen molar-refractivity contribution < 1.29 is 19.1 Å². The third-order valence-electron chi connectivity index (χ3n) is 3.30. The molecule has 0 bridgehead atoms. The van der Waals surface area contributed by atoms with Crippen molar-refractivity contribution in [1.29, 1.82) is 0 Å². The van der Waals surface area contributed by atoms with Crippen molar-refractivity contribution in [3.63, 3.8) is 0 Å². The fourth-order valence-corrected chi connectivity index (χ4v) is 2.22. The SMILES string of the molecule is CCC(NC(C)CC(=O)OC(C)(C)C)C(=O)OCc1ccccc1. The molecule has 2 atom stereocenters. The summed E-state index contributed by atoms with van der Waals surface area (Å²) in [6.45, 7) is 9.51. The van der Waals surface area contributed by atoms with E-state index in [-0.39, 0.29) is 31.0 Å². The summed E-state index contributed by atoms with van der Waals surface area (Å²) < 4.78 is 10.6. The highest BCUT2D eigenvalue weighted by atomic mass is 16.6. The van der Waals surface area contributed by atoms with Crippen molar-refractivity contribution in [3.8, 4) is 0 Å². The normalized spacial score (nSPS) is 13.9. The lowest BCUT2D eigenvalue weighted by atomic mass is 10.1. The van der Waals surface area contributed by atoms with Crippen LogP contribution in [0.2, 0.25) is 0 Å². The average molecular weight is 335 g/mol. The first kappa shape index (κ1) is 20.2. The topological polar surface area (TPSA) is 64.6 Å². The van der Waals surface area contributed by atoms with Gasteiger partial charge in [0.05, 0.1) is 6.42 Å². The first-order valence-electron chi connectivity index (χ1n) is 8.39. The highest BCUT2D eigenvalue weighted by molar-refractivity contribution is 5.76. The van der Waals surface area contributed by atoms with Gasteiger partial charge in [0.1, 0.15) is 18.2 Å². The fraction of sp³-hybridized carbons (Fsp3) is 0.579. The number of ether oxygens (including phenoxy) is 2. The Labute approximate surface area is 144 Å². The molecule has 24 heavy (non-hydrogen) atoms. The Morgan fingerprint density at radius 1 is 1.17 bits per heavy atom. The van der Waals surface area contributed by atoms with E-state index in [0.717, 1.165) is 5.56 Å². The van der Waals surface area contributed by atoms with Crippen LogP contribution < -0.4 is 5.32 Å². The van der Waals surface area contributed by atoms with Gasteiger partial charge in [-0.3, -0.25) is 9.59 Å². The molecule has 0 aliphatic rings. The van der Waals surface area contributed by atoms with E-state index >= 15 is 0 Å². The van der Waals surface area contributed by atoms with Crippen molar-refractivity contribution in [2.75, 3.05) is 0 Å². The largest absolute Gasteiger partial charge is 0.460 e. The predicted octanol–water partition coefficient (Wildman–Crippen LogP) is 3.22. The zero-order valence-corrected chi connectivity index (χ0v) is 15.3. The van der Waals surface area contributed by atoms with E-state index in [1.54, 1.807) is 0 Å².